The predicted molar refractivity (Wildman–Crippen MR) is 62.6 cm³/mol. The number of imidazole rings is 1. The zero-order chi connectivity index (χ0) is 12.1. The Hall–Kier alpha value is -2.01. The molecule has 5 nitrogen and oxygen atoms in total. The molecular formula is C12H14N2O3. The first-order chi connectivity index (χ1) is 8.35. The van der Waals surface area contributed by atoms with Gasteiger partial charge in [-0.25, -0.2) is 4.98 Å². The van der Waals surface area contributed by atoms with E-state index in [2.05, 4.69) is 4.98 Å². The molecule has 2 aromatic rings. The van der Waals surface area contributed by atoms with Crippen LogP contribution in [0.1, 0.15) is 0 Å². The van der Waals surface area contributed by atoms with Crippen LogP contribution in [-0.4, -0.2) is 30.6 Å². The molecule has 0 bridgehead atoms. The molecule has 0 amide bonds. The number of methoxy groups -OCH3 is 2. The van der Waals surface area contributed by atoms with Crippen LogP contribution in [0.5, 0.6) is 11.5 Å². The molecule has 90 valence electrons. The summed E-state index contributed by atoms with van der Waals surface area (Å²) in [5, 5.41) is 0. The lowest BCUT2D eigenvalue weighted by Gasteiger charge is -2.12. The van der Waals surface area contributed by atoms with Gasteiger partial charge in [-0.2, -0.15) is 0 Å². The van der Waals surface area contributed by atoms with E-state index in [1.54, 1.807) is 26.7 Å². The largest absolute Gasteiger partial charge is 0.497 e. The minimum Gasteiger partial charge on any atom is -0.497 e. The summed E-state index contributed by atoms with van der Waals surface area (Å²) in [5.74, 6) is 1.42. The molecule has 0 unspecified atom stereocenters. The van der Waals surface area contributed by atoms with Gasteiger partial charge in [0.1, 0.15) is 11.5 Å². The van der Waals surface area contributed by atoms with Crippen molar-refractivity contribution >= 4 is 0 Å². The van der Waals surface area contributed by atoms with Gasteiger partial charge in [0.05, 0.1) is 19.1 Å². The quantitative estimate of drug-likeness (QED) is 0.741. The van der Waals surface area contributed by atoms with Gasteiger partial charge in [0.2, 0.25) is 0 Å². The monoisotopic (exact) mass is 234 g/mol. The van der Waals surface area contributed by atoms with Gasteiger partial charge in [-0.05, 0) is 12.1 Å². The molecule has 0 N–H and O–H groups in total. The number of ether oxygens (including phenoxy) is 3. The third-order valence-corrected chi connectivity index (χ3v) is 2.28. The van der Waals surface area contributed by atoms with Crippen molar-refractivity contribution in [3.63, 3.8) is 0 Å². The summed E-state index contributed by atoms with van der Waals surface area (Å²) in [4.78, 5) is 4.01. The Morgan fingerprint density at radius 1 is 1.29 bits per heavy atom. The minimum absolute atomic E-state index is 0.189. The topological polar surface area (TPSA) is 45.5 Å². The van der Waals surface area contributed by atoms with Crippen molar-refractivity contribution in [2.24, 2.45) is 0 Å². The highest BCUT2D eigenvalue weighted by molar-refractivity contribution is 5.50. The van der Waals surface area contributed by atoms with Crippen LogP contribution >= 0.6 is 0 Å². The highest BCUT2D eigenvalue weighted by Gasteiger charge is 2.07. The van der Waals surface area contributed by atoms with Crippen molar-refractivity contribution in [3.05, 3.63) is 36.9 Å². The summed E-state index contributed by atoms with van der Waals surface area (Å²) < 4.78 is 17.4. The Morgan fingerprint density at radius 2 is 2.18 bits per heavy atom. The molecule has 1 heterocycles. The highest BCUT2D eigenvalue weighted by atomic mass is 16.7. The van der Waals surface area contributed by atoms with E-state index in [1.165, 1.54) is 0 Å². The lowest BCUT2D eigenvalue weighted by atomic mass is 10.2. The maximum atomic E-state index is 5.50. The summed E-state index contributed by atoms with van der Waals surface area (Å²) in [5.41, 5.74) is 0.889. The van der Waals surface area contributed by atoms with Crippen LogP contribution in [0.15, 0.2) is 36.9 Å². The first-order valence-electron chi connectivity index (χ1n) is 5.13. The van der Waals surface area contributed by atoms with Crippen LogP contribution in [0.4, 0.5) is 0 Å². The fourth-order valence-electron chi connectivity index (χ4n) is 1.47. The van der Waals surface area contributed by atoms with Crippen LogP contribution < -0.4 is 9.47 Å². The third-order valence-electron chi connectivity index (χ3n) is 2.28. The van der Waals surface area contributed by atoms with E-state index in [9.17, 15) is 0 Å². The maximum absolute atomic E-state index is 5.50. The fraction of sp³-hybridized carbons (Fsp3) is 0.250. The van der Waals surface area contributed by atoms with Crippen molar-refractivity contribution in [3.8, 4) is 17.2 Å². The molecule has 0 spiro atoms. The molecule has 0 saturated carbocycles. The van der Waals surface area contributed by atoms with Crippen LogP contribution in [-0.2, 0) is 4.74 Å². The number of hydrogen-bond acceptors (Lipinski definition) is 4. The zero-order valence-electron chi connectivity index (χ0n) is 9.79. The molecule has 0 fully saturated rings. The summed E-state index contributed by atoms with van der Waals surface area (Å²) in [6, 6.07) is 5.59. The van der Waals surface area contributed by atoms with Gasteiger partial charge in [0.25, 0.3) is 0 Å². The van der Waals surface area contributed by atoms with E-state index in [-0.39, 0.29) is 6.79 Å². The molecule has 0 saturated heterocycles. The first-order valence-corrected chi connectivity index (χ1v) is 5.13. The van der Waals surface area contributed by atoms with Crippen LogP contribution in [0.3, 0.4) is 0 Å². The molecule has 0 aliphatic rings. The van der Waals surface area contributed by atoms with Gasteiger partial charge in [-0.1, -0.05) is 0 Å². The molecule has 5 heteroatoms. The lowest BCUT2D eigenvalue weighted by molar-refractivity contribution is 0.0509. The predicted octanol–water partition coefficient (Wildman–Crippen LogP) is 1.86. The van der Waals surface area contributed by atoms with E-state index in [0.29, 0.717) is 5.75 Å². The number of benzene rings is 1. The first kappa shape index (κ1) is 11.5. The Labute approximate surface area is 99.6 Å². The van der Waals surface area contributed by atoms with Crippen molar-refractivity contribution in [2.75, 3.05) is 21.0 Å². The molecule has 17 heavy (non-hydrogen) atoms. The number of aromatic nitrogens is 2. The second kappa shape index (κ2) is 5.36. The SMILES string of the molecule is COCOc1cc(OC)ccc1-n1ccnc1. The summed E-state index contributed by atoms with van der Waals surface area (Å²) in [6.07, 6.45) is 5.27. The average Bonchev–Trinajstić information content (AvgIpc) is 2.89. The number of nitrogens with zero attached hydrogens (tertiary/aromatic N) is 2. The normalized spacial score (nSPS) is 10.2. The second-order valence-electron chi connectivity index (χ2n) is 3.35. The molecule has 1 aromatic heterocycles. The van der Waals surface area contributed by atoms with Crippen molar-refractivity contribution in [2.45, 2.75) is 0 Å². The Balaban J connectivity index is 2.36. The smallest absolute Gasteiger partial charge is 0.188 e. The van der Waals surface area contributed by atoms with Crippen LogP contribution in [0.2, 0.25) is 0 Å². The van der Waals surface area contributed by atoms with E-state index >= 15 is 0 Å². The minimum atomic E-state index is 0.189. The van der Waals surface area contributed by atoms with Crippen molar-refractivity contribution in [1.29, 1.82) is 0 Å². The lowest BCUT2D eigenvalue weighted by Crippen LogP contribution is -2.03. The molecule has 0 aliphatic carbocycles. The van der Waals surface area contributed by atoms with E-state index < -0.39 is 0 Å². The van der Waals surface area contributed by atoms with E-state index in [1.807, 2.05) is 29.0 Å². The zero-order valence-corrected chi connectivity index (χ0v) is 9.79. The van der Waals surface area contributed by atoms with Gasteiger partial charge in [0, 0.05) is 25.6 Å². The molecule has 2 rings (SSSR count). The van der Waals surface area contributed by atoms with Crippen LogP contribution in [0.25, 0.3) is 5.69 Å². The highest BCUT2D eigenvalue weighted by Crippen LogP contribution is 2.27. The summed E-state index contributed by atoms with van der Waals surface area (Å²) in [6.45, 7) is 0.189. The van der Waals surface area contributed by atoms with E-state index in [0.717, 1.165) is 11.4 Å². The Kier molecular flexibility index (Phi) is 3.62. The molecule has 0 atom stereocenters. The van der Waals surface area contributed by atoms with Gasteiger partial charge in [-0.3, -0.25) is 0 Å². The number of hydrogen-bond donors (Lipinski definition) is 0. The summed E-state index contributed by atoms with van der Waals surface area (Å²) >= 11 is 0. The number of rotatable bonds is 5. The average molecular weight is 234 g/mol. The third kappa shape index (κ3) is 2.57. The Morgan fingerprint density at radius 3 is 2.82 bits per heavy atom. The molecule has 0 aliphatic heterocycles. The maximum Gasteiger partial charge on any atom is 0.188 e. The van der Waals surface area contributed by atoms with Crippen molar-refractivity contribution < 1.29 is 14.2 Å². The molecular weight excluding hydrogens is 220 g/mol. The van der Waals surface area contributed by atoms with Crippen molar-refractivity contribution in [1.82, 2.24) is 9.55 Å². The fourth-order valence-corrected chi connectivity index (χ4v) is 1.47. The molecule has 0 radical (unpaired) electrons. The summed E-state index contributed by atoms with van der Waals surface area (Å²) in [7, 11) is 3.20. The van der Waals surface area contributed by atoms with Gasteiger partial charge >= 0.3 is 0 Å². The van der Waals surface area contributed by atoms with Crippen LogP contribution in [0, 0.1) is 0 Å². The standard InChI is InChI=1S/C12H14N2O3/c1-15-9-17-12-7-10(16-2)3-4-11(12)14-6-5-13-8-14/h3-8H,9H2,1-2H3. The van der Waals surface area contributed by atoms with Gasteiger partial charge < -0.3 is 18.8 Å². The second-order valence-corrected chi connectivity index (χ2v) is 3.35. The van der Waals surface area contributed by atoms with Gasteiger partial charge in [0.15, 0.2) is 6.79 Å². The molecule has 1 aromatic carbocycles. The van der Waals surface area contributed by atoms with Gasteiger partial charge in [-0.15, -0.1) is 0 Å². The Bertz CT molecular complexity index is 469. The van der Waals surface area contributed by atoms with E-state index in [4.69, 9.17) is 14.2 Å².